The first-order chi connectivity index (χ1) is 25.1. The average molecular weight is 669 g/mol. The first-order valence-corrected chi connectivity index (χ1v) is 20.6. The van der Waals surface area contributed by atoms with Crippen LogP contribution in [-0.2, 0) is 0 Å². The number of benzene rings is 7. The monoisotopic (exact) mass is 668 g/mol. The summed E-state index contributed by atoms with van der Waals surface area (Å²) in [6.07, 6.45) is 0. The quantitative estimate of drug-likeness (QED) is 0.176. The van der Waals surface area contributed by atoms with Crippen molar-refractivity contribution in [2.75, 3.05) is 0 Å². The molecule has 7 aromatic carbocycles. The van der Waals surface area contributed by atoms with Crippen molar-refractivity contribution in [1.82, 2.24) is 19.1 Å². The van der Waals surface area contributed by atoms with Crippen LogP contribution in [-0.4, -0.2) is 27.2 Å². The van der Waals surface area contributed by atoms with Gasteiger partial charge in [0.05, 0.1) is 27.8 Å². The third kappa shape index (κ3) is 3.89. The van der Waals surface area contributed by atoms with Gasteiger partial charge in [0.15, 0.2) is 0 Å². The van der Waals surface area contributed by atoms with E-state index in [4.69, 9.17) is 9.97 Å². The number of fused-ring (bicyclic) bond motifs is 11. The molecular weight excluding hydrogens is 637 g/mol. The lowest BCUT2D eigenvalue weighted by atomic mass is 9.97. The lowest BCUT2D eigenvalue weighted by Crippen LogP contribution is -2.51. The lowest BCUT2D eigenvalue weighted by molar-refractivity contribution is 1.01. The number of para-hydroxylation sites is 4. The highest BCUT2D eigenvalue weighted by Crippen LogP contribution is 2.41. The summed E-state index contributed by atoms with van der Waals surface area (Å²) in [4.78, 5) is 11.2. The second-order valence-electron chi connectivity index (χ2n) is 14.2. The Morgan fingerprint density at radius 2 is 1.04 bits per heavy atom. The summed E-state index contributed by atoms with van der Waals surface area (Å²) in [7, 11) is -2.29. The van der Waals surface area contributed by atoms with Crippen LogP contribution in [0.1, 0.15) is 0 Å². The fraction of sp³-hybridized carbons (Fsp3) is 0.0435. The van der Waals surface area contributed by atoms with Crippen molar-refractivity contribution in [3.63, 3.8) is 0 Å². The van der Waals surface area contributed by atoms with Crippen molar-refractivity contribution in [2.24, 2.45) is 0 Å². The van der Waals surface area contributed by atoms with E-state index in [1.54, 1.807) is 0 Å². The van der Waals surface area contributed by atoms with Crippen molar-refractivity contribution in [3.05, 3.63) is 158 Å². The van der Waals surface area contributed by atoms with E-state index in [1.807, 2.05) is 0 Å². The maximum absolute atomic E-state index is 5.62. The molecule has 1 aliphatic heterocycles. The maximum Gasteiger partial charge on any atom is 0.235 e. The minimum atomic E-state index is -2.29. The molecule has 1 aliphatic rings. The van der Waals surface area contributed by atoms with E-state index in [0.717, 1.165) is 33.9 Å². The molecule has 4 nitrogen and oxygen atoms in total. The van der Waals surface area contributed by atoms with Gasteiger partial charge in [0.25, 0.3) is 0 Å². The Hall–Kier alpha value is -6.30. The molecule has 51 heavy (non-hydrogen) atoms. The molecule has 3 aromatic heterocycles. The molecule has 0 saturated heterocycles. The highest BCUT2D eigenvalue weighted by atomic mass is 28.3. The molecule has 0 aliphatic carbocycles. The maximum atomic E-state index is 5.62. The van der Waals surface area contributed by atoms with Gasteiger partial charge in [0.1, 0.15) is 8.07 Å². The second-order valence-corrected chi connectivity index (χ2v) is 18.4. The van der Waals surface area contributed by atoms with Gasteiger partial charge in [0.2, 0.25) is 5.95 Å². The van der Waals surface area contributed by atoms with E-state index < -0.39 is 8.07 Å². The summed E-state index contributed by atoms with van der Waals surface area (Å²) in [5.74, 6) is 0.727. The van der Waals surface area contributed by atoms with Gasteiger partial charge in [-0.2, -0.15) is 0 Å². The minimum Gasteiger partial charge on any atom is -0.309 e. The molecule has 4 heterocycles. The van der Waals surface area contributed by atoms with Crippen LogP contribution in [0.5, 0.6) is 0 Å². The summed E-state index contributed by atoms with van der Waals surface area (Å²) in [6.45, 7) is 4.93. The van der Waals surface area contributed by atoms with Crippen molar-refractivity contribution in [3.8, 4) is 34.0 Å². The van der Waals surface area contributed by atoms with Gasteiger partial charge in [-0.3, -0.25) is 4.57 Å². The molecule has 11 rings (SSSR count). The molecule has 0 unspecified atom stereocenters. The Balaban J connectivity index is 1.26. The first kappa shape index (κ1) is 28.5. The van der Waals surface area contributed by atoms with E-state index in [2.05, 4.69) is 180 Å². The summed E-state index contributed by atoms with van der Waals surface area (Å²) >= 11 is 0. The highest BCUT2D eigenvalue weighted by Gasteiger charge is 2.43. The minimum absolute atomic E-state index is 0.727. The van der Waals surface area contributed by atoms with Gasteiger partial charge in [-0.15, -0.1) is 0 Å². The molecular formula is C46H32N4Si. The fourth-order valence-electron chi connectivity index (χ4n) is 8.85. The van der Waals surface area contributed by atoms with Gasteiger partial charge in [0, 0.05) is 43.7 Å². The molecule has 240 valence electrons. The molecule has 0 radical (unpaired) electrons. The van der Waals surface area contributed by atoms with Crippen LogP contribution in [0, 0.1) is 0 Å². The van der Waals surface area contributed by atoms with E-state index in [0.29, 0.717) is 0 Å². The molecule has 5 heteroatoms. The number of aromatic nitrogens is 4. The Labute approximate surface area is 295 Å². The highest BCUT2D eigenvalue weighted by molar-refractivity contribution is 7.04. The van der Waals surface area contributed by atoms with Crippen LogP contribution in [0.4, 0.5) is 0 Å². The summed E-state index contributed by atoms with van der Waals surface area (Å²) in [5.41, 5.74) is 10.3. The third-order valence-corrected chi connectivity index (χ3v) is 14.4. The van der Waals surface area contributed by atoms with E-state index in [-0.39, 0.29) is 0 Å². The first-order valence-electron chi connectivity index (χ1n) is 17.6. The van der Waals surface area contributed by atoms with Crippen LogP contribution < -0.4 is 10.5 Å². The fourth-order valence-corrected chi connectivity index (χ4v) is 12.1. The van der Waals surface area contributed by atoms with E-state index in [1.165, 1.54) is 65.0 Å². The smallest absolute Gasteiger partial charge is 0.235 e. The number of nitrogens with zero attached hydrogens (tertiary/aromatic N) is 4. The topological polar surface area (TPSA) is 35.6 Å². The average Bonchev–Trinajstić information content (AvgIpc) is 3.78. The van der Waals surface area contributed by atoms with Crippen LogP contribution in [0.3, 0.4) is 0 Å². The van der Waals surface area contributed by atoms with Crippen LogP contribution in [0.2, 0.25) is 13.1 Å². The molecule has 0 bridgehead atoms. The largest absolute Gasteiger partial charge is 0.309 e. The van der Waals surface area contributed by atoms with E-state index in [9.17, 15) is 0 Å². The Morgan fingerprint density at radius 1 is 0.471 bits per heavy atom. The molecule has 0 amide bonds. The van der Waals surface area contributed by atoms with Crippen molar-refractivity contribution in [2.45, 2.75) is 13.1 Å². The molecule has 0 N–H and O–H groups in total. The van der Waals surface area contributed by atoms with E-state index >= 15 is 0 Å². The van der Waals surface area contributed by atoms with Gasteiger partial charge in [-0.25, -0.2) is 9.97 Å². The van der Waals surface area contributed by atoms with Crippen molar-refractivity contribution >= 4 is 73.0 Å². The standard InChI is InChI=1S/C46H32N4Si/c1-51(2)44-32-17-7-6-14-29(32)24-26-36(44)42-43(47-46(48-45(42)51)50-39-22-12-8-18-33(39)34-19-9-13-23-40(34)50)30-25-27-41-37(28-30)35-20-10-11-21-38(35)49(41)31-15-4-3-5-16-31/h3-28H,1-2H3. The van der Waals surface area contributed by atoms with Crippen LogP contribution >= 0.6 is 0 Å². The molecule has 0 atom stereocenters. The molecule has 10 aromatic rings. The second kappa shape index (κ2) is 10.4. The van der Waals surface area contributed by atoms with Gasteiger partial charge >= 0.3 is 0 Å². The SMILES string of the molecule is C[Si]1(C)c2nc(-n3c4ccccc4c4ccccc43)nc(-c3ccc4c(c3)c3ccccc3n4-c3ccccc3)c2-c2ccc3ccccc3c21. The van der Waals surface area contributed by atoms with Gasteiger partial charge < -0.3 is 4.57 Å². The predicted molar refractivity (Wildman–Crippen MR) is 216 cm³/mol. The van der Waals surface area contributed by atoms with Crippen LogP contribution in [0.25, 0.3) is 88.4 Å². The Bertz CT molecular complexity index is 3010. The number of hydrogen-bond acceptors (Lipinski definition) is 2. The number of rotatable bonds is 3. The van der Waals surface area contributed by atoms with Crippen molar-refractivity contribution < 1.29 is 0 Å². The zero-order valence-corrected chi connectivity index (χ0v) is 29.3. The summed E-state index contributed by atoms with van der Waals surface area (Å²) in [5, 5.41) is 10.1. The zero-order chi connectivity index (χ0) is 33.8. The summed E-state index contributed by atoms with van der Waals surface area (Å²) < 4.78 is 4.65. The van der Waals surface area contributed by atoms with Crippen LogP contribution in [0.15, 0.2) is 158 Å². The van der Waals surface area contributed by atoms with Gasteiger partial charge in [-0.1, -0.05) is 128 Å². The molecule has 0 fully saturated rings. The Morgan fingerprint density at radius 3 is 1.75 bits per heavy atom. The predicted octanol–water partition coefficient (Wildman–Crippen LogP) is 10.3. The Kier molecular flexibility index (Phi) is 5.79. The molecule has 0 saturated carbocycles. The van der Waals surface area contributed by atoms with Gasteiger partial charge in [-0.05, 0) is 64.0 Å². The third-order valence-electron chi connectivity index (χ3n) is 11.1. The summed E-state index contributed by atoms with van der Waals surface area (Å²) in [6, 6.07) is 57.0. The normalized spacial score (nSPS) is 13.5. The lowest BCUT2D eigenvalue weighted by Gasteiger charge is -2.20. The van der Waals surface area contributed by atoms with Crippen molar-refractivity contribution in [1.29, 1.82) is 0 Å². The zero-order valence-electron chi connectivity index (χ0n) is 28.3. The molecule has 0 spiro atoms. The number of hydrogen-bond donors (Lipinski definition) is 0.